The number of benzene rings is 1. The third-order valence-corrected chi connectivity index (χ3v) is 4.67. The van der Waals surface area contributed by atoms with Gasteiger partial charge in [-0.25, -0.2) is 0 Å². The summed E-state index contributed by atoms with van der Waals surface area (Å²) in [6.45, 7) is 5.04. The first-order valence-corrected chi connectivity index (χ1v) is 7.85. The summed E-state index contributed by atoms with van der Waals surface area (Å²) in [6, 6.07) is 7.89. The van der Waals surface area contributed by atoms with Crippen molar-refractivity contribution in [1.82, 2.24) is 9.80 Å². The Morgan fingerprint density at radius 3 is 2.70 bits per heavy atom. The number of carbonyl (C=O) groups excluding carboxylic acids is 1. The molecule has 0 saturated carbocycles. The number of hydrogen-bond acceptors (Lipinski definition) is 3. The number of rotatable bonds is 3. The lowest BCUT2D eigenvalue weighted by Gasteiger charge is -2.25. The van der Waals surface area contributed by atoms with E-state index in [0.29, 0.717) is 17.6 Å². The number of fused-ring (bicyclic) bond motifs is 1. The van der Waals surface area contributed by atoms with E-state index in [1.165, 1.54) is 32.4 Å². The standard InChI is InChI=1S/C16H21ClN2O/c17-14-6-4-13(5-7-14)16(20)12-18-8-2-10-19-9-1-3-15(19)11-18/h4-7,15H,1-3,8-12H2. The van der Waals surface area contributed by atoms with Crippen LogP contribution in [0.1, 0.15) is 29.6 Å². The Morgan fingerprint density at radius 2 is 1.90 bits per heavy atom. The molecule has 3 nitrogen and oxygen atoms in total. The number of nitrogens with zero attached hydrogens (tertiary/aromatic N) is 2. The van der Waals surface area contributed by atoms with Crippen molar-refractivity contribution in [2.75, 3.05) is 32.7 Å². The number of Topliss-reactive ketones (excluding diaryl/α,β-unsaturated/α-hetero) is 1. The molecule has 2 heterocycles. The molecule has 0 aromatic heterocycles. The summed E-state index contributed by atoms with van der Waals surface area (Å²) in [5.41, 5.74) is 0.766. The Labute approximate surface area is 125 Å². The van der Waals surface area contributed by atoms with Crippen molar-refractivity contribution in [2.24, 2.45) is 0 Å². The molecule has 20 heavy (non-hydrogen) atoms. The monoisotopic (exact) mass is 292 g/mol. The van der Waals surface area contributed by atoms with Gasteiger partial charge in [-0.05, 0) is 63.2 Å². The molecule has 0 amide bonds. The zero-order valence-corrected chi connectivity index (χ0v) is 12.5. The van der Waals surface area contributed by atoms with Crippen LogP contribution < -0.4 is 0 Å². The van der Waals surface area contributed by atoms with Crippen LogP contribution in [0.25, 0.3) is 0 Å². The molecular weight excluding hydrogens is 272 g/mol. The molecule has 0 bridgehead atoms. The molecule has 1 aromatic rings. The fourth-order valence-electron chi connectivity index (χ4n) is 3.36. The lowest BCUT2D eigenvalue weighted by molar-refractivity contribution is 0.0925. The first-order chi connectivity index (χ1) is 9.72. The summed E-state index contributed by atoms with van der Waals surface area (Å²) < 4.78 is 0. The van der Waals surface area contributed by atoms with Gasteiger partial charge in [0.2, 0.25) is 0 Å². The van der Waals surface area contributed by atoms with Crippen LogP contribution in [-0.4, -0.2) is 54.3 Å². The van der Waals surface area contributed by atoms with Crippen LogP contribution in [0.5, 0.6) is 0 Å². The van der Waals surface area contributed by atoms with Crippen LogP contribution in [-0.2, 0) is 0 Å². The third-order valence-electron chi connectivity index (χ3n) is 4.42. The fraction of sp³-hybridized carbons (Fsp3) is 0.562. The van der Waals surface area contributed by atoms with Crippen LogP contribution in [0.2, 0.25) is 5.02 Å². The van der Waals surface area contributed by atoms with Gasteiger partial charge in [0, 0.05) is 23.2 Å². The highest BCUT2D eigenvalue weighted by Crippen LogP contribution is 2.21. The van der Waals surface area contributed by atoms with Gasteiger partial charge in [-0.1, -0.05) is 11.6 Å². The van der Waals surface area contributed by atoms with Crippen molar-refractivity contribution in [3.05, 3.63) is 34.9 Å². The maximum absolute atomic E-state index is 12.3. The van der Waals surface area contributed by atoms with Crippen LogP contribution in [0.4, 0.5) is 0 Å². The van der Waals surface area contributed by atoms with E-state index in [9.17, 15) is 4.79 Å². The molecule has 3 rings (SSSR count). The molecular formula is C16H21ClN2O. The van der Waals surface area contributed by atoms with Gasteiger partial charge in [0.05, 0.1) is 6.54 Å². The molecule has 0 radical (unpaired) electrons. The number of hydrogen-bond donors (Lipinski definition) is 0. The highest BCUT2D eigenvalue weighted by Gasteiger charge is 2.29. The average Bonchev–Trinajstić information content (AvgIpc) is 2.78. The molecule has 2 aliphatic heterocycles. The van der Waals surface area contributed by atoms with Crippen molar-refractivity contribution in [3.8, 4) is 0 Å². The molecule has 0 N–H and O–H groups in total. The fourth-order valence-corrected chi connectivity index (χ4v) is 3.48. The van der Waals surface area contributed by atoms with E-state index >= 15 is 0 Å². The van der Waals surface area contributed by atoms with E-state index in [-0.39, 0.29) is 5.78 Å². The molecule has 1 atom stereocenters. The molecule has 1 aromatic carbocycles. The van der Waals surface area contributed by atoms with E-state index in [2.05, 4.69) is 9.80 Å². The Bertz CT molecular complexity index is 474. The highest BCUT2D eigenvalue weighted by atomic mass is 35.5. The second-order valence-corrected chi connectivity index (χ2v) is 6.29. The Kier molecular flexibility index (Phi) is 4.39. The summed E-state index contributed by atoms with van der Waals surface area (Å²) >= 11 is 5.86. The molecule has 2 saturated heterocycles. The van der Waals surface area contributed by atoms with Crippen LogP contribution in [0.3, 0.4) is 0 Å². The van der Waals surface area contributed by atoms with Gasteiger partial charge in [-0.2, -0.15) is 0 Å². The van der Waals surface area contributed by atoms with Gasteiger partial charge in [0.1, 0.15) is 0 Å². The first-order valence-electron chi connectivity index (χ1n) is 7.47. The third kappa shape index (κ3) is 3.22. The molecule has 1 unspecified atom stereocenters. The number of carbonyl (C=O) groups is 1. The van der Waals surface area contributed by atoms with Gasteiger partial charge < -0.3 is 0 Å². The maximum atomic E-state index is 12.3. The lowest BCUT2D eigenvalue weighted by Crippen LogP contribution is -2.38. The summed E-state index contributed by atoms with van der Waals surface area (Å²) in [6.07, 6.45) is 3.76. The molecule has 2 fully saturated rings. The van der Waals surface area contributed by atoms with Crippen LogP contribution in [0, 0.1) is 0 Å². The maximum Gasteiger partial charge on any atom is 0.176 e. The van der Waals surface area contributed by atoms with Gasteiger partial charge in [-0.15, -0.1) is 0 Å². The van der Waals surface area contributed by atoms with Crippen molar-refractivity contribution in [3.63, 3.8) is 0 Å². The van der Waals surface area contributed by atoms with Gasteiger partial charge in [-0.3, -0.25) is 14.6 Å². The van der Waals surface area contributed by atoms with Crippen molar-refractivity contribution < 1.29 is 4.79 Å². The smallest absolute Gasteiger partial charge is 0.176 e. The minimum Gasteiger partial charge on any atom is -0.299 e. The number of halogens is 1. The molecule has 0 aliphatic carbocycles. The summed E-state index contributed by atoms with van der Waals surface area (Å²) in [4.78, 5) is 17.2. The molecule has 2 aliphatic rings. The predicted octanol–water partition coefficient (Wildman–Crippen LogP) is 2.69. The average molecular weight is 293 g/mol. The Morgan fingerprint density at radius 1 is 1.15 bits per heavy atom. The minimum atomic E-state index is 0.202. The van der Waals surface area contributed by atoms with Gasteiger partial charge in [0.15, 0.2) is 5.78 Å². The quantitative estimate of drug-likeness (QED) is 0.800. The molecule has 108 valence electrons. The number of ketones is 1. The molecule has 0 spiro atoms. The summed E-state index contributed by atoms with van der Waals surface area (Å²) in [5.74, 6) is 0.202. The van der Waals surface area contributed by atoms with Crippen molar-refractivity contribution >= 4 is 17.4 Å². The van der Waals surface area contributed by atoms with E-state index in [0.717, 1.165) is 18.7 Å². The van der Waals surface area contributed by atoms with Gasteiger partial charge >= 0.3 is 0 Å². The van der Waals surface area contributed by atoms with E-state index in [4.69, 9.17) is 11.6 Å². The van der Waals surface area contributed by atoms with Gasteiger partial charge in [0.25, 0.3) is 0 Å². The van der Waals surface area contributed by atoms with Crippen LogP contribution >= 0.6 is 11.6 Å². The Hall–Kier alpha value is -0.900. The summed E-state index contributed by atoms with van der Waals surface area (Å²) in [5, 5.41) is 0.679. The second kappa shape index (κ2) is 6.25. The molecule has 4 heteroatoms. The van der Waals surface area contributed by atoms with E-state index in [1.54, 1.807) is 12.1 Å². The lowest BCUT2D eigenvalue weighted by atomic mass is 10.1. The highest BCUT2D eigenvalue weighted by molar-refractivity contribution is 6.30. The Balaban J connectivity index is 1.61. The van der Waals surface area contributed by atoms with E-state index < -0.39 is 0 Å². The normalized spacial score (nSPS) is 24.4. The second-order valence-electron chi connectivity index (χ2n) is 5.85. The largest absolute Gasteiger partial charge is 0.299 e. The predicted molar refractivity (Wildman–Crippen MR) is 81.4 cm³/mol. The zero-order chi connectivity index (χ0) is 13.9. The van der Waals surface area contributed by atoms with Crippen LogP contribution in [0.15, 0.2) is 24.3 Å². The SMILES string of the molecule is O=C(CN1CCCN2CCCC2C1)c1ccc(Cl)cc1. The van der Waals surface area contributed by atoms with Crippen molar-refractivity contribution in [2.45, 2.75) is 25.3 Å². The zero-order valence-electron chi connectivity index (χ0n) is 11.7. The summed E-state index contributed by atoms with van der Waals surface area (Å²) in [7, 11) is 0. The van der Waals surface area contributed by atoms with E-state index in [1.807, 2.05) is 12.1 Å². The van der Waals surface area contributed by atoms with Crippen molar-refractivity contribution in [1.29, 1.82) is 0 Å². The topological polar surface area (TPSA) is 23.6 Å². The minimum absolute atomic E-state index is 0.202. The first kappa shape index (κ1) is 14.1.